The van der Waals surface area contributed by atoms with Gasteiger partial charge >= 0.3 is 0 Å². The first-order valence-corrected chi connectivity index (χ1v) is 7.26. The van der Waals surface area contributed by atoms with Gasteiger partial charge in [0.1, 0.15) is 5.75 Å². The van der Waals surface area contributed by atoms with Crippen molar-refractivity contribution in [3.05, 3.63) is 28.2 Å². The third-order valence-corrected chi connectivity index (χ3v) is 4.23. The van der Waals surface area contributed by atoms with Crippen molar-refractivity contribution in [3.8, 4) is 5.75 Å². The lowest BCUT2D eigenvalue weighted by atomic mass is 9.90. The molecule has 5 heteroatoms. The quantitative estimate of drug-likeness (QED) is 0.928. The summed E-state index contributed by atoms with van der Waals surface area (Å²) in [7, 11) is 1.63. The van der Waals surface area contributed by atoms with Crippen molar-refractivity contribution in [2.75, 3.05) is 13.7 Å². The van der Waals surface area contributed by atoms with Crippen molar-refractivity contribution < 1.29 is 9.53 Å². The summed E-state index contributed by atoms with van der Waals surface area (Å²) in [4.78, 5) is 13.9. The summed E-state index contributed by atoms with van der Waals surface area (Å²) in [6.45, 7) is 2.67. The van der Waals surface area contributed by atoms with Crippen LogP contribution in [0.25, 0.3) is 0 Å². The maximum Gasteiger partial charge on any atom is 0.223 e. The number of amides is 1. The molecule has 0 radical (unpaired) electrons. The molecule has 0 bridgehead atoms. The second-order valence-electron chi connectivity index (χ2n) is 4.72. The number of hydrogen-bond donors (Lipinski definition) is 1. The number of hydrogen-bond acceptors (Lipinski definition) is 3. The molecule has 1 aromatic rings. The van der Waals surface area contributed by atoms with E-state index >= 15 is 0 Å². The SMILES string of the molecule is CCN1C(=O)CCC(N)C1c1ccc(OC)c(Br)c1. The predicted molar refractivity (Wildman–Crippen MR) is 78.0 cm³/mol. The van der Waals surface area contributed by atoms with Crippen LogP contribution in [0.4, 0.5) is 0 Å². The summed E-state index contributed by atoms with van der Waals surface area (Å²) >= 11 is 3.48. The van der Waals surface area contributed by atoms with Gasteiger partial charge in [-0.05, 0) is 47.0 Å². The van der Waals surface area contributed by atoms with Gasteiger partial charge in [0.15, 0.2) is 0 Å². The number of carbonyl (C=O) groups excluding carboxylic acids is 1. The Morgan fingerprint density at radius 3 is 2.84 bits per heavy atom. The molecule has 19 heavy (non-hydrogen) atoms. The summed E-state index contributed by atoms with van der Waals surface area (Å²) < 4.78 is 6.11. The second kappa shape index (κ2) is 5.92. The average Bonchev–Trinajstić information content (AvgIpc) is 2.41. The Kier molecular flexibility index (Phi) is 4.47. The molecular formula is C14H19BrN2O2. The summed E-state index contributed by atoms with van der Waals surface area (Å²) in [6.07, 6.45) is 1.28. The zero-order valence-electron chi connectivity index (χ0n) is 11.2. The van der Waals surface area contributed by atoms with Crippen molar-refractivity contribution in [1.82, 2.24) is 4.90 Å². The summed E-state index contributed by atoms with van der Waals surface area (Å²) in [5.74, 6) is 0.962. The van der Waals surface area contributed by atoms with Crippen LogP contribution in [-0.4, -0.2) is 30.5 Å². The number of nitrogens with two attached hydrogens (primary N) is 1. The summed E-state index contributed by atoms with van der Waals surface area (Å²) in [5, 5.41) is 0. The Morgan fingerprint density at radius 2 is 2.26 bits per heavy atom. The average molecular weight is 327 g/mol. The van der Waals surface area contributed by atoms with Gasteiger partial charge in [0.2, 0.25) is 5.91 Å². The number of likely N-dealkylation sites (tertiary alicyclic amines) is 1. The summed E-state index contributed by atoms with van der Waals surface area (Å²) in [5.41, 5.74) is 7.27. The maximum absolute atomic E-state index is 12.0. The maximum atomic E-state index is 12.0. The summed E-state index contributed by atoms with van der Waals surface area (Å²) in [6, 6.07) is 5.81. The molecule has 0 aliphatic carbocycles. The number of carbonyl (C=O) groups is 1. The van der Waals surface area contributed by atoms with Gasteiger partial charge in [0.05, 0.1) is 17.6 Å². The zero-order chi connectivity index (χ0) is 14.0. The van der Waals surface area contributed by atoms with E-state index in [0.717, 1.165) is 22.2 Å². The third kappa shape index (κ3) is 2.77. The number of likely N-dealkylation sites (N-methyl/N-ethyl adjacent to an activating group) is 1. The first kappa shape index (κ1) is 14.3. The van der Waals surface area contributed by atoms with Crippen LogP contribution in [0, 0.1) is 0 Å². The third-order valence-electron chi connectivity index (χ3n) is 3.61. The first-order chi connectivity index (χ1) is 9.08. The number of ether oxygens (including phenoxy) is 1. The topological polar surface area (TPSA) is 55.6 Å². The molecule has 1 aromatic carbocycles. The molecule has 0 saturated carbocycles. The van der Waals surface area contributed by atoms with Crippen LogP contribution >= 0.6 is 15.9 Å². The number of benzene rings is 1. The van der Waals surface area contributed by atoms with Crippen molar-refractivity contribution in [2.24, 2.45) is 5.73 Å². The molecule has 2 unspecified atom stereocenters. The smallest absolute Gasteiger partial charge is 0.223 e. The molecule has 1 saturated heterocycles. The van der Waals surface area contributed by atoms with Crippen LogP contribution in [0.15, 0.2) is 22.7 Å². The van der Waals surface area contributed by atoms with Crippen LogP contribution < -0.4 is 10.5 Å². The van der Waals surface area contributed by atoms with E-state index in [-0.39, 0.29) is 18.0 Å². The fourth-order valence-electron chi connectivity index (χ4n) is 2.64. The van der Waals surface area contributed by atoms with Gasteiger partial charge in [-0.15, -0.1) is 0 Å². The van der Waals surface area contributed by atoms with E-state index in [1.54, 1.807) is 7.11 Å². The molecule has 1 amide bonds. The molecule has 2 N–H and O–H groups in total. The monoisotopic (exact) mass is 326 g/mol. The second-order valence-corrected chi connectivity index (χ2v) is 5.58. The largest absolute Gasteiger partial charge is 0.496 e. The normalized spacial score (nSPS) is 23.6. The van der Waals surface area contributed by atoms with Gasteiger partial charge < -0.3 is 15.4 Å². The van der Waals surface area contributed by atoms with E-state index in [9.17, 15) is 4.79 Å². The molecule has 0 spiro atoms. The molecule has 1 heterocycles. The van der Waals surface area contributed by atoms with Gasteiger partial charge in [-0.25, -0.2) is 0 Å². The Bertz CT molecular complexity index is 479. The Balaban J connectivity index is 2.36. The molecule has 1 aliphatic rings. The highest BCUT2D eigenvalue weighted by Gasteiger charge is 2.34. The van der Waals surface area contributed by atoms with E-state index in [0.29, 0.717) is 13.0 Å². The number of piperidine rings is 1. The minimum Gasteiger partial charge on any atom is -0.496 e. The standard InChI is InChI=1S/C14H19BrN2O2/c1-3-17-13(18)7-5-11(16)14(17)9-4-6-12(19-2)10(15)8-9/h4,6,8,11,14H,3,5,7,16H2,1-2H3. The fraction of sp³-hybridized carbons (Fsp3) is 0.500. The fourth-order valence-corrected chi connectivity index (χ4v) is 3.20. The first-order valence-electron chi connectivity index (χ1n) is 6.47. The highest BCUT2D eigenvalue weighted by Crippen LogP contribution is 2.34. The van der Waals surface area contributed by atoms with Gasteiger partial charge in [-0.2, -0.15) is 0 Å². The number of methoxy groups -OCH3 is 1. The number of halogens is 1. The van der Waals surface area contributed by atoms with Crippen molar-refractivity contribution in [2.45, 2.75) is 31.8 Å². The van der Waals surface area contributed by atoms with E-state index in [2.05, 4.69) is 15.9 Å². The van der Waals surface area contributed by atoms with E-state index in [4.69, 9.17) is 10.5 Å². The molecule has 1 aliphatic heterocycles. The number of nitrogens with zero attached hydrogens (tertiary/aromatic N) is 1. The molecule has 104 valence electrons. The lowest BCUT2D eigenvalue weighted by molar-refractivity contribution is -0.137. The van der Waals surface area contributed by atoms with E-state index < -0.39 is 0 Å². The van der Waals surface area contributed by atoms with Gasteiger partial charge in [0, 0.05) is 19.0 Å². The molecule has 2 rings (SSSR count). The zero-order valence-corrected chi connectivity index (χ0v) is 12.8. The molecule has 4 nitrogen and oxygen atoms in total. The van der Waals surface area contributed by atoms with Crippen molar-refractivity contribution in [3.63, 3.8) is 0 Å². The molecule has 1 fully saturated rings. The molecule has 2 atom stereocenters. The lowest BCUT2D eigenvalue weighted by Crippen LogP contribution is -2.48. The lowest BCUT2D eigenvalue weighted by Gasteiger charge is -2.39. The van der Waals surface area contributed by atoms with Crippen LogP contribution in [-0.2, 0) is 4.79 Å². The molecule has 0 aromatic heterocycles. The highest BCUT2D eigenvalue weighted by atomic mass is 79.9. The van der Waals surface area contributed by atoms with E-state index in [1.165, 1.54) is 0 Å². The van der Waals surface area contributed by atoms with Crippen LogP contribution in [0.1, 0.15) is 31.4 Å². The Morgan fingerprint density at radius 1 is 1.53 bits per heavy atom. The minimum absolute atomic E-state index is 0.0158. The van der Waals surface area contributed by atoms with Crippen LogP contribution in [0.5, 0.6) is 5.75 Å². The molecular weight excluding hydrogens is 308 g/mol. The van der Waals surface area contributed by atoms with Crippen LogP contribution in [0.3, 0.4) is 0 Å². The number of rotatable bonds is 3. The van der Waals surface area contributed by atoms with Gasteiger partial charge in [-0.3, -0.25) is 4.79 Å². The van der Waals surface area contributed by atoms with Gasteiger partial charge in [-0.1, -0.05) is 6.07 Å². The Hall–Kier alpha value is -1.07. The van der Waals surface area contributed by atoms with E-state index in [1.807, 2.05) is 30.0 Å². The predicted octanol–water partition coefficient (Wildman–Crippen LogP) is 2.47. The van der Waals surface area contributed by atoms with Crippen molar-refractivity contribution in [1.29, 1.82) is 0 Å². The van der Waals surface area contributed by atoms with Gasteiger partial charge in [0.25, 0.3) is 0 Å². The van der Waals surface area contributed by atoms with Crippen LogP contribution in [0.2, 0.25) is 0 Å². The minimum atomic E-state index is -0.0477. The Labute approximate surface area is 122 Å². The van der Waals surface area contributed by atoms with Crippen molar-refractivity contribution >= 4 is 21.8 Å². The highest BCUT2D eigenvalue weighted by molar-refractivity contribution is 9.10.